The highest BCUT2D eigenvalue weighted by atomic mass is 16.1. The number of aromatic nitrogens is 6. The van der Waals surface area contributed by atoms with Crippen molar-refractivity contribution in [3.8, 4) is 0 Å². The van der Waals surface area contributed by atoms with Crippen LogP contribution in [0.4, 0.5) is 0 Å². The number of imidazole rings is 1. The number of fused-ring (bicyclic) bond motifs is 3. The van der Waals surface area contributed by atoms with E-state index in [0.717, 1.165) is 27.8 Å². The second kappa shape index (κ2) is 5.02. The molecule has 0 bridgehead atoms. The van der Waals surface area contributed by atoms with E-state index in [-0.39, 0.29) is 11.6 Å². The largest absolute Gasteiger partial charge is 0.347 e. The smallest absolute Gasteiger partial charge is 0.281 e. The lowest BCUT2D eigenvalue weighted by Gasteiger charge is -2.17. The molecule has 1 saturated carbocycles. The molecule has 5 rings (SSSR count). The monoisotopic (exact) mass is 334 g/mol. The Kier molecular flexibility index (Phi) is 2.89. The van der Waals surface area contributed by atoms with Crippen LogP contribution in [0.5, 0.6) is 0 Å². The van der Waals surface area contributed by atoms with E-state index in [2.05, 4.69) is 27.2 Å². The first-order valence-corrected chi connectivity index (χ1v) is 8.50. The maximum Gasteiger partial charge on any atom is 0.281 e. The zero-order valence-electron chi connectivity index (χ0n) is 14.1. The number of rotatable bonds is 3. The van der Waals surface area contributed by atoms with Crippen LogP contribution in [0.3, 0.4) is 0 Å². The Hall–Kier alpha value is -2.96. The van der Waals surface area contributed by atoms with Crippen LogP contribution in [0, 0.1) is 0 Å². The molecule has 1 aliphatic carbocycles. The Balaban J connectivity index is 1.89. The highest BCUT2D eigenvalue weighted by molar-refractivity contribution is 6.02. The van der Waals surface area contributed by atoms with Gasteiger partial charge in [0.25, 0.3) is 5.56 Å². The van der Waals surface area contributed by atoms with Gasteiger partial charge in [0.15, 0.2) is 5.52 Å². The lowest BCUT2D eigenvalue weighted by atomic mass is 10.1. The molecule has 7 nitrogen and oxygen atoms in total. The van der Waals surface area contributed by atoms with Crippen LogP contribution in [0.25, 0.3) is 21.9 Å². The topological polar surface area (TPSA) is 81.4 Å². The number of pyridine rings is 2. The van der Waals surface area contributed by atoms with Gasteiger partial charge in [-0.3, -0.25) is 14.0 Å². The van der Waals surface area contributed by atoms with Crippen molar-refractivity contribution >= 4 is 21.9 Å². The van der Waals surface area contributed by atoms with Crippen molar-refractivity contribution in [3.63, 3.8) is 0 Å². The molecule has 25 heavy (non-hydrogen) atoms. The first kappa shape index (κ1) is 14.4. The van der Waals surface area contributed by atoms with Gasteiger partial charge in [-0.15, -0.1) is 0 Å². The van der Waals surface area contributed by atoms with Gasteiger partial charge in [-0.25, -0.2) is 9.97 Å². The minimum atomic E-state index is -0.203. The van der Waals surface area contributed by atoms with Crippen molar-refractivity contribution in [2.45, 2.75) is 31.7 Å². The van der Waals surface area contributed by atoms with E-state index in [0.29, 0.717) is 11.4 Å². The molecular weight excluding hydrogens is 316 g/mol. The number of aryl methyl sites for hydroxylation is 1. The zero-order chi connectivity index (χ0) is 17.1. The fourth-order valence-corrected chi connectivity index (χ4v) is 3.51. The van der Waals surface area contributed by atoms with Crippen LogP contribution >= 0.6 is 0 Å². The summed E-state index contributed by atoms with van der Waals surface area (Å²) in [4.78, 5) is 25.3. The van der Waals surface area contributed by atoms with Gasteiger partial charge < -0.3 is 4.98 Å². The molecule has 0 aromatic carbocycles. The van der Waals surface area contributed by atoms with Crippen molar-refractivity contribution < 1.29 is 0 Å². The van der Waals surface area contributed by atoms with Crippen molar-refractivity contribution in [3.05, 3.63) is 52.6 Å². The second-order valence-electron chi connectivity index (χ2n) is 6.80. The highest BCUT2D eigenvalue weighted by Crippen LogP contribution is 2.40. The molecule has 0 amide bonds. The van der Waals surface area contributed by atoms with Gasteiger partial charge in [0, 0.05) is 35.6 Å². The summed E-state index contributed by atoms with van der Waals surface area (Å²) in [6, 6.07) is 3.96. The average Bonchev–Trinajstić information content (AvgIpc) is 3.15. The maximum atomic E-state index is 13.2. The molecule has 1 N–H and O–H groups in total. The zero-order valence-corrected chi connectivity index (χ0v) is 14.1. The highest BCUT2D eigenvalue weighted by Gasteiger charge is 2.27. The van der Waals surface area contributed by atoms with Gasteiger partial charge in [0.2, 0.25) is 0 Å². The Bertz CT molecular complexity index is 1150. The van der Waals surface area contributed by atoms with Gasteiger partial charge in [-0.05, 0) is 31.9 Å². The maximum absolute atomic E-state index is 13.2. The minimum Gasteiger partial charge on any atom is -0.347 e. The van der Waals surface area contributed by atoms with E-state index < -0.39 is 0 Å². The molecule has 0 unspecified atom stereocenters. The van der Waals surface area contributed by atoms with E-state index >= 15 is 0 Å². The lowest BCUT2D eigenvalue weighted by Crippen LogP contribution is -2.26. The molecule has 1 fully saturated rings. The summed E-state index contributed by atoms with van der Waals surface area (Å²) in [7, 11) is 1.83. The van der Waals surface area contributed by atoms with Crippen LogP contribution in [-0.4, -0.2) is 29.3 Å². The molecule has 126 valence electrons. The van der Waals surface area contributed by atoms with Crippen molar-refractivity contribution in [2.75, 3.05) is 0 Å². The fraction of sp³-hybridized carbons (Fsp3) is 0.333. The third-order valence-electron chi connectivity index (χ3n) is 5.02. The Morgan fingerprint density at radius 3 is 2.84 bits per heavy atom. The van der Waals surface area contributed by atoms with Gasteiger partial charge >= 0.3 is 0 Å². The van der Waals surface area contributed by atoms with E-state index in [9.17, 15) is 4.79 Å². The van der Waals surface area contributed by atoms with Gasteiger partial charge in [-0.1, -0.05) is 0 Å². The summed E-state index contributed by atoms with van der Waals surface area (Å²) in [6.07, 6.45) is 7.61. The van der Waals surface area contributed by atoms with Gasteiger partial charge in [0.05, 0.1) is 24.3 Å². The molecule has 4 aromatic heterocycles. The Morgan fingerprint density at radius 2 is 2.12 bits per heavy atom. The second-order valence-corrected chi connectivity index (χ2v) is 6.80. The summed E-state index contributed by atoms with van der Waals surface area (Å²) in [5.41, 5.74) is 3.02. The predicted molar refractivity (Wildman–Crippen MR) is 94.7 cm³/mol. The van der Waals surface area contributed by atoms with E-state index in [1.807, 2.05) is 20.2 Å². The van der Waals surface area contributed by atoms with E-state index in [4.69, 9.17) is 4.98 Å². The third kappa shape index (κ3) is 2.12. The van der Waals surface area contributed by atoms with E-state index in [1.165, 1.54) is 12.8 Å². The molecule has 4 aromatic rings. The van der Waals surface area contributed by atoms with Crippen LogP contribution in [0.1, 0.15) is 43.1 Å². The normalized spacial score (nSPS) is 15.9. The van der Waals surface area contributed by atoms with Gasteiger partial charge in [-0.2, -0.15) is 5.10 Å². The first-order valence-electron chi connectivity index (χ1n) is 8.50. The minimum absolute atomic E-state index is 0.120. The summed E-state index contributed by atoms with van der Waals surface area (Å²) in [6.45, 7) is 1.98. The number of nitrogens with zero attached hydrogens (tertiary/aromatic N) is 5. The summed E-state index contributed by atoms with van der Waals surface area (Å²) >= 11 is 0. The molecule has 1 aliphatic rings. The number of hydrogen-bond donors (Lipinski definition) is 1. The van der Waals surface area contributed by atoms with Crippen molar-refractivity contribution in [1.29, 1.82) is 0 Å². The number of nitrogens with one attached hydrogen (secondary N) is 1. The lowest BCUT2D eigenvalue weighted by molar-refractivity contribution is 0.619. The van der Waals surface area contributed by atoms with Gasteiger partial charge in [0.1, 0.15) is 5.65 Å². The quantitative estimate of drug-likeness (QED) is 0.624. The molecule has 1 atom stereocenters. The molecule has 0 radical (unpaired) electrons. The molecule has 0 aliphatic heterocycles. The van der Waals surface area contributed by atoms with Crippen molar-refractivity contribution in [2.24, 2.45) is 7.05 Å². The van der Waals surface area contributed by atoms with Crippen LogP contribution in [0.2, 0.25) is 0 Å². The molecular formula is C18H18N6O. The molecule has 7 heteroatoms. The Labute approximate surface area is 143 Å². The van der Waals surface area contributed by atoms with Crippen LogP contribution in [0.15, 0.2) is 35.6 Å². The SMILES string of the molecule is C[C@@H](c1cnc[nH]1)n1c(=O)c2nn(C)cc2c2ccc(C3CC3)nc21. The standard InChI is InChI=1S/C18H18N6O/c1-10(15-7-19-9-20-15)24-17-12(5-6-14(21-17)11-3-4-11)13-8-23(2)22-16(13)18(24)25/h5-11H,3-4H2,1-2H3,(H,19,20)/t10-/m0/s1. The third-order valence-corrected chi connectivity index (χ3v) is 5.02. The first-order chi connectivity index (χ1) is 12.1. The molecule has 0 spiro atoms. The summed E-state index contributed by atoms with van der Waals surface area (Å²) in [5.74, 6) is 0.528. The van der Waals surface area contributed by atoms with Crippen molar-refractivity contribution in [1.82, 2.24) is 29.3 Å². The van der Waals surface area contributed by atoms with E-state index in [1.54, 1.807) is 21.8 Å². The predicted octanol–water partition coefficient (Wildman–Crippen LogP) is 2.49. The summed E-state index contributed by atoms with van der Waals surface area (Å²) < 4.78 is 3.43. The summed E-state index contributed by atoms with van der Waals surface area (Å²) in [5, 5.41) is 6.20. The molecule has 0 saturated heterocycles. The average molecular weight is 334 g/mol. The Morgan fingerprint density at radius 1 is 1.28 bits per heavy atom. The van der Waals surface area contributed by atoms with Crippen LogP contribution < -0.4 is 5.56 Å². The fourth-order valence-electron chi connectivity index (χ4n) is 3.51. The number of hydrogen-bond acceptors (Lipinski definition) is 4. The molecule has 4 heterocycles. The van der Waals surface area contributed by atoms with Crippen LogP contribution in [-0.2, 0) is 7.05 Å². The number of H-pyrrole nitrogens is 1. The number of aromatic amines is 1.